The van der Waals surface area contributed by atoms with Crippen molar-refractivity contribution in [3.63, 3.8) is 0 Å². The molecule has 0 spiro atoms. The van der Waals surface area contributed by atoms with Gasteiger partial charge in [-0.1, -0.05) is 0 Å². The van der Waals surface area contributed by atoms with Gasteiger partial charge >= 0.3 is 0 Å². The lowest BCUT2D eigenvalue weighted by Gasteiger charge is -2.25. The molecule has 0 aliphatic carbocycles. The summed E-state index contributed by atoms with van der Waals surface area (Å²) >= 11 is -5.22. The zero-order valence-corrected chi connectivity index (χ0v) is 8.95. The third kappa shape index (κ3) is 8.57. The van der Waals surface area contributed by atoms with Crippen LogP contribution in [-0.4, -0.2) is 45.5 Å². The summed E-state index contributed by atoms with van der Waals surface area (Å²) < 4.78 is 45.4. The number of nitrogens with zero attached hydrogens (tertiary/aromatic N) is 1. The molecule has 0 saturated heterocycles. The number of hydrazine groups is 1. The minimum Gasteiger partial charge on any atom is -0.383 e. The van der Waals surface area contributed by atoms with Crippen LogP contribution in [0, 0.1) is 0 Å². The minimum atomic E-state index is -5.22. The van der Waals surface area contributed by atoms with E-state index in [0.717, 1.165) is 5.01 Å². The lowest BCUT2D eigenvalue weighted by molar-refractivity contribution is 0.100. The number of ether oxygens (including phenoxy) is 2. The number of methoxy groups -OCH3 is 2. The Balaban J connectivity index is 3.84. The molecule has 0 aliphatic heterocycles. The van der Waals surface area contributed by atoms with E-state index in [2.05, 4.69) is 9.47 Å². The topological polar surface area (TPSA) is 33.7 Å². The van der Waals surface area contributed by atoms with Crippen molar-refractivity contribution in [1.82, 2.24) is 9.84 Å². The Kier molecular flexibility index (Phi) is 7.28. The predicted octanol–water partition coefficient (Wildman–Crippen LogP) is 1.46. The third-order valence-corrected chi connectivity index (χ3v) is 1.83. The van der Waals surface area contributed by atoms with E-state index in [1.54, 1.807) is 0 Å². The Morgan fingerprint density at radius 2 is 1.50 bits per heavy atom. The number of hydrogen-bond donors (Lipinski definition) is 1. The van der Waals surface area contributed by atoms with E-state index in [4.69, 9.17) is 0 Å². The van der Waals surface area contributed by atoms with Crippen LogP contribution in [0.4, 0.5) is 11.7 Å². The van der Waals surface area contributed by atoms with Gasteiger partial charge in [0.1, 0.15) is 0 Å². The Bertz CT molecular complexity index is 140. The molecule has 0 saturated carbocycles. The normalized spacial score (nSPS) is 13.6. The first kappa shape index (κ1) is 14.0. The summed E-state index contributed by atoms with van der Waals surface area (Å²) in [7, 11) is 2.88. The fourth-order valence-corrected chi connectivity index (χ4v) is 1.23. The lowest BCUT2D eigenvalue weighted by Crippen LogP contribution is -2.40. The van der Waals surface area contributed by atoms with Crippen LogP contribution in [0.3, 0.4) is 0 Å². The highest BCUT2D eigenvalue weighted by atomic mass is 32.3. The molecular weight excluding hydrogens is 221 g/mol. The van der Waals surface area contributed by atoms with Crippen LogP contribution < -0.4 is 4.83 Å². The lowest BCUT2D eigenvalue weighted by atomic mass is 10.6. The second kappa shape index (κ2) is 7.30. The molecule has 0 bridgehead atoms. The van der Waals surface area contributed by atoms with Gasteiger partial charge in [-0.3, -0.25) is 0 Å². The van der Waals surface area contributed by atoms with Gasteiger partial charge < -0.3 is 9.47 Å². The van der Waals surface area contributed by atoms with Gasteiger partial charge in [0.2, 0.25) is 0 Å². The van der Waals surface area contributed by atoms with Crippen LogP contribution in [0.2, 0.25) is 0 Å². The van der Waals surface area contributed by atoms with Gasteiger partial charge in [0.25, 0.3) is 11.4 Å². The molecule has 0 aromatic carbocycles. The van der Waals surface area contributed by atoms with E-state index in [1.165, 1.54) is 19.1 Å². The average molecular weight is 236 g/mol. The van der Waals surface area contributed by atoms with Gasteiger partial charge in [-0.25, -0.2) is 5.01 Å². The maximum absolute atomic E-state index is 12.0. The second-order valence-corrected chi connectivity index (χ2v) is 3.47. The van der Waals surface area contributed by atoms with Crippen LogP contribution in [0.15, 0.2) is 0 Å². The van der Waals surface area contributed by atoms with Gasteiger partial charge in [0, 0.05) is 27.3 Å². The molecule has 4 nitrogen and oxygen atoms in total. The maximum atomic E-state index is 12.0. The van der Waals surface area contributed by atoms with Gasteiger partial charge in [0.05, 0.1) is 13.2 Å². The second-order valence-electron chi connectivity index (χ2n) is 2.47. The molecular formula is C6H15F3N2O2S. The first-order chi connectivity index (χ1) is 6.49. The molecule has 0 atom stereocenters. The molecule has 0 fully saturated rings. The summed E-state index contributed by atoms with van der Waals surface area (Å²) in [6.45, 7) is 0.831. The molecule has 0 heterocycles. The molecule has 0 aliphatic rings. The Morgan fingerprint density at radius 1 is 1.07 bits per heavy atom. The Labute approximate surface area is 83.6 Å². The molecule has 0 aromatic rings. The molecule has 88 valence electrons. The first-order valence-electron chi connectivity index (χ1n) is 3.92. The number of nitrogens with one attached hydrogen (secondary N) is 1. The highest BCUT2D eigenvalue weighted by molar-refractivity contribution is 8.19. The van der Waals surface area contributed by atoms with E-state index < -0.39 is 11.4 Å². The van der Waals surface area contributed by atoms with E-state index in [9.17, 15) is 11.7 Å². The summed E-state index contributed by atoms with van der Waals surface area (Å²) in [6, 6.07) is 0. The third-order valence-electron chi connectivity index (χ3n) is 1.36. The SMILES string of the molecule is COCCN(CCOC)NS(F)(F)F. The van der Waals surface area contributed by atoms with Crippen molar-refractivity contribution in [3.8, 4) is 0 Å². The highest BCUT2D eigenvalue weighted by Gasteiger charge is 2.23. The van der Waals surface area contributed by atoms with E-state index >= 15 is 0 Å². The van der Waals surface area contributed by atoms with Crippen LogP contribution in [0.25, 0.3) is 0 Å². The largest absolute Gasteiger partial charge is 0.383 e. The zero-order chi connectivity index (χ0) is 11.0. The number of rotatable bonds is 8. The molecule has 0 radical (unpaired) electrons. The van der Waals surface area contributed by atoms with Crippen molar-refractivity contribution in [1.29, 1.82) is 0 Å². The molecule has 0 rings (SSSR count). The fourth-order valence-electron chi connectivity index (χ4n) is 0.752. The van der Waals surface area contributed by atoms with E-state index in [-0.39, 0.29) is 26.3 Å². The molecule has 8 heteroatoms. The summed E-state index contributed by atoms with van der Waals surface area (Å²) in [5, 5.41) is 1.04. The molecule has 1 N–H and O–H groups in total. The van der Waals surface area contributed by atoms with E-state index in [1.807, 2.05) is 0 Å². The van der Waals surface area contributed by atoms with Crippen molar-refractivity contribution >= 4 is 11.4 Å². The van der Waals surface area contributed by atoms with E-state index in [0.29, 0.717) is 0 Å². The number of halogens is 3. The maximum Gasteiger partial charge on any atom is 0.288 e. The smallest absolute Gasteiger partial charge is 0.288 e. The van der Waals surface area contributed by atoms with Crippen LogP contribution in [0.1, 0.15) is 0 Å². The van der Waals surface area contributed by atoms with Gasteiger partial charge in [-0.05, 0) is 0 Å². The van der Waals surface area contributed by atoms with Crippen molar-refractivity contribution in [2.75, 3.05) is 40.5 Å². The van der Waals surface area contributed by atoms with Crippen LogP contribution in [-0.2, 0) is 9.47 Å². The van der Waals surface area contributed by atoms with Crippen molar-refractivity contribution in [2.24, 2.45) is 0 Å². The molecule has 0 unspecified atom stereocenters. The molecule has 0 aromatic heterocycles. The standard InChI is InChI=1S/C6H15F3N2O2S/c1-12-5-3-11(4-6-13-2)10-14(7,8)9/h10H,3-6H2,1-2H3. The van der Waals surface area contributed by atoms with Crippen LogP contribution in [0.5, 0.6) is 0 Å². The summed E-state index contributed by atoms with van der Waals surface area (Å²) in [5.74, 6) is 0. The summed E-state index contributed by atoms with van der Waals surface area (Å²) in [5.41, 5.74) is 0. The first-order valence-corrected chi connectivity index (χ1v) is 5.25. The van der Waals surface area contributed by atoms with Crippen LogP contribution >= 0.6 is 11.4 Å². The number of hydrogen-bond acceptors (Lipinski definition) is 4. The van der Waals surface area contributed by atoms with Gasteiger partial charge in [0.15, 0.2) is 0 Å². The summed E-state index contributed by atoms with van der Waals surface area (Å²) in [6.07, 6.45) is 0. The molecule has 14 heavy (non-hydrogen) atoms. The fraction of sp³-hybridized carbons (Fsp3) is 1.00. The van der Waals surface area contributed by atoms with Crippen molar-refractivity contribution < 1.29 is 21.1 Å². The van der Waals surface area contributed by atoms with Crippen molar-refractivity contribution in [2.45, 2.75) is 0 Å². The highest BCUT2D eigenvalue weighted by Crippen LogP contribution is 2.48. The van der Waals surface area contributed by atoms with Gasteiger partial charge in [-0.2, -0.15) is 0 Å². The predicted molar refractivity (Wildman–Crippen MR) is 49.4 cm³/mol. The Morgan fingerprint density at radius 3 is 1.79 bits per heavy atom. The van der Waals surface area contributed by atoms with Gasteiger partial charge in [-0.15, -0.1) is 16.5 Å². The average Bonchev–Trinajstić information content (AvgIpc) is 2.07. The van der Waals surface area contributed by atoms with Crippen molar-refractivity contribution in [3.05, 3.63) is 0 Å². The monoisotopic (exact) mass is 236 g/mol. The zero-order valence-electron chi connectivity index (χ0n) is 8.13. The quantitative estimate of drug-likeness (QED) is 0.647. The minimum absolute atomic E-state index is 0.173. The summed E-state index contributed by atoms with van der Waals surface area (Å²) in [4.78, 5) is 1.48. The Hall–Kier alpha value is -0.0200. The molecule has 0 amide bonds.